The molecule has 1 aliphatic heterocycles. The van der Waals surface area contributed by atoms with Crippen LogP contribution in [-0.2, 0) is 9.53 Å². The van der Waals surface area contributed by atoms with E-state index in [1.807, 2.05) is 13.8 Å². The topological polar surface area (TPSA) is 92.8 Å². The molecule has 0 radical (unpaired) electrons. The highest BCUT2D eigenvalue weighted by Gasteiger charge is 2.37. The quantitative estimate of drug-likeness (QED) is 0.557. The van der Waals surface area contributed by atoms with Gasteiger partial charge < -0.3 is 10.1 Å². The number of nitrogens with zero attached hydrogens (tertiary/aromatic N) is 1. The van der Waals surface area contributed by atoms with Crippen molar-refractivity contribution in [2.45, 2.75) is 32.7 Å². The van der Waals surface area contributed by atoms with Crippen molar-refractivity contribution in [2.75, 3.05) is 11.5 Å². The Bertz CT molecular complexity index is 999. The summed E-state index contributed by atoms with van der Waals surface area (Å²) in [5.74, 6) is -2.87. The fraction of sp³-hybridized carbons (Fsp3) is 0.273. The largest absolute Gasteiger partial charge is 0.452 e. The van der Waals surface area contributed by atoms with Crippen molar-refractivity contribution in [3.63, 3.8) is 0 Å². The maximum atomic E-state index is 13.1. The Labute approximate surface area is 172 Å². The van der Waals surface area contributed by atoms with Gasteiger partial charge in [0.25, 0.3) is 17.7 Å². The number of halogens is 1. The number of hydrogen-bond donors (Lipinski definition) is 1. The molecule has 1 heterocycles. The zero-order valence-electron chi connectivity index (χ0n) is 16.6. The zero-order valence-corrected chi connectivity index (χ0v) is 16.6. The Morgan fingerprint density at radius 2 is 1.63 bits per heavy atom. The monoisotopic (exact) mass is 412 g/mol. The van der Waals surface area contributed by atoms with Gasteiger partial charge in [-0.25, -0.2) is 14.1 Å². The van der Waals surface area contributed by atoms with Gasteiger partial charge in [0.15, 0.2) is 6.61 Å². The van der Waals surface area contributed by atoms with Crippen LogP contribution in [-0.4, -0.2) is 36.3 Å². The second kappa shape index (κ2) is 8.86. The van der Waals surface area contributed by atoms with Crippen molar-refractivity contribution >= 4 is 29.4 Å². The summed E-state index contributed by atoms with van der Waals surface area (Å²) in [5.41, 5.74) is 0.448. The van der Waals surface area contributed by atoms with E-state index in [9.17, 15) is 23.6 Å². The van der Waals surface area contributed by atoms with Gasteiger partial charge in [-0.3, -0.25) is 14.4 Å². The number of benzene rings is 2. The van der Waals surface area contributed by atoms with E-state index in [4.69, 9.17) is 4.74 Å². The van der Waals surface area contributed by atoms with Crippen molar-refractivity contribution in [2.24, 2.45) is 0 Å². The first-order valence-electron chi connectivity index (χ1n) is 9.60. The molecule has 8 heteroatoms. The van der Waals surface area contributed by atoms with E-state index >= 15 is 0 Å². The number of anilines is 1. The number of nitrogens with one attached hydrogen (secondary N) is 1. The molecule has 156 valence electrons. The molecule has 3 rings (SSSR count). The molecule has 0 bridgehead atoms. The smallest absolute Gasteiger partial charge is 0.338 e. The van der Waals surface area contributed by atoms with Gasteiger partial charge >= 0.3 is 5.97 Å². The lowest BCUT2D eigenvalue weighted by atomic mass is 10.1. The highest BCUT2D eigenvalue weighted by atomic mass is 19.1. The van der Waals surface area contributed by atoms with E-state index in [0.29, 0.717) is 0 Å². The minimum atomic E-state index is -0.780. The van der Waals surface area contributed by atoms with Crippen LogP contribution in [0.3, 0.4) is 0 Å². The van der Waals surface area contributed by atoms with Crippen LogP contribution in [0.2, 0.25) is 0 Å². The molecule has 7 nitrogen and oxygen atoms in total. The second-order valence-electron chi connectivity index (χ2n) is 6.84. The molecule has 0 aromatic heterocycles. The first kappa shape index (κ1) is 21.2. The average molecular weight is 412 g/mol. The summed E-state index contributed by atoms with van der Waals surface area (Å²) in [7, 11) is 0. The van der Waals surface area contributed by atoms with E-state index < -0.39 is 36.1 Å². The molecule has 1 aliphatic rings. The van der Waals surface area contributed by atoms with Crippen LogP contribution in [0.1, 0.15) is 57.8 Å². The summed E-state index contributed by atoms with van der Waals surface area (Å²) < 4.78 is 18.2. The van der Waals surface area contributed by atoms with E-state index in [1.54, 1.807) is 0 Å². The molecule has 0 saturated heterocycles. The number of fused-ring (bicyclic) bond motifs is 1. The van der Waals surface area contributed by atoms with Gasteiger partial charge in [0, 0.05) is 6.04 Å². The van der Waals surface area contributed by atoms with Crippen LogP contribution in [0, 0.1) is 5.82 Å². The predicted molar refractivity (Wildman–Crippen MR) is 107 cm³/mol. The normalized spacial score (nSPS) is 12.9. The molecule has 1 N–H and O–H groups in total. The third-order valence-electron chi connectivity index (χ3n) is 4.89. The Kier molecular flexibility index (Phi) is 6.25. The van der Waals surface area contributed by atoms with Gasteiger partial charge in [0.05, 0.1) is 22.4 Å². The Balaban J connectivity index is 1.72. The molecule has 0 atom stereocenters. The van der Waals surface area contributed by atoms with E-state index in [2.05, 4.69) is 5.32 Å². The molecule has 0 unspecified atom stereocenters. The summed E-state index contributed by atoms with van der Waals surface area (Å²) in [6, 6.07) is 8.94. The highest BCUT2D eigenvalue weighted by Crippen LogP contribution is 2.29. The first-order valence-corrected chi connectivity index (χ1v) is 9.60. The molecule has 2 aromatic carbocycles. The van der Waals surface area contributed by atoms with E-state index in [1.165, 1.54) is 30.3 Å². The van der Waals surface area contributed by atoms with Crippen LogP contribution in [0.5, 0.6) is 0 Å². The lowest BCUT2D eigenvalue weighted by Gasteiger charge is -2.14. The van der Waals surface area contributed by atoms with Gasteiger partial charge in [-0.05, 0) is 55.3 Å². The number of esters is 1. The van der Waals surface area contributed by atoms with Crippen LogP contribution >= 0.6 is 0 Å². The van der Waals surface area contributed by atoms with Gasteiger partial charge in [-0.15, -0.1) is 0 Å². The van der Waals surface area contributed by atoms with Crippen LogP contribution in [0.15, 0.2) is 42.5 Å². The van der Waals surface area contributed by atoms with Crippen LogP contribution in [0.25, 0.3) is 0 Å². The molecule has 3 amide bonds. The Morgan fingerprint density at radius 1 is 1.00 bits per heavy atom. The molecular weight excluding hydrogens is 391 g/mol. The molecule has 0 spiro atoms. The molecule has 0 fully saturated rings. The predicted octanol–water partition coefficient (Wildman–Crippen LogP) is 3.09. The minimum absolute atomic E-state index is 0.0114. The van der Waals surface area contributed by atoms with Gasteiger partial charge in [0.2, 0.25) is 0 Å². The van der Waals surface area contributed by atoms with Gasteiger partial charge in [0.1, 0.15) is 5.82 Å². The highest BCUT2D eigenvalue weighted by molar-refractivity contribution is 6.34. The van der Waals surface area contributed by atoms with Crippen molar-refractivity contribution < 1.29 is 28.3 Å². The van der Waals surface area contributed by atoms with Crippen LogP contribution in [0.4, 0.5) is 10.1 Å². The lowest BCUT2D eigenvalue weighted by Crippen LogP contribution is -2.36. The van der Waals surface area contributed by atoms with Crippen molar-refractivity contribution in [1.82, 2.24) is 5.32 Å². The maximum Gasteiger partial charge on any atom is 0.338 e. The van der Waals surface area contributed by atoms with Gasteiger partial charge in [-0.2, -0.15) is 0 Å². The first-order chi connectivity index (χ1) is 14.3. The van der Waals surface area contributed by atoms with Gasteiger partial charge in [-0.1, -0.05) is 13.8 Å². The third-order valence-corrected chi connectivity index (χ3v) is 4.89. The van der Waals surface area contributed by atoms with Crippen molar-refractivity contribution in [1.29, 1.82) is 0 Å². The standard InChI is InChI=1S/C22H21FN2O5/c1-3-15(4-2)24-19(26)12-30-22(29)13-5-10-17-18(11-13)21(28)25(20(17)27)16-8-6-14(23)7-9-16/h5-11,15H,3-4,12H2,1-2H3,(H,24,26). The number of hydrogen-bond acceptors (Lipinski definition) is 5. The molecule has 0 saturated carbocycles. The molecule has 2 aromatic rings. The SMILES string of the molecule is CCC(CC)NC(=O)COC(=O)c1ccc2c(c1)C(=O)N(c1ccc(F)cc1)C2=O. The zero-order chi connectivity index (χ0) is 21.8. The lowest BCUT2D eigenvalue weighted by molar-refractivity contribution is -0.125. The summed E-state index contributed by atoms with van der Waals surface area (Å²) in [6.07, 6.45) is 1.53. The van der Waals surface area contributed by atoms with Crippen molar-refractivity contribution in [3.8, 4) is 0 Å². The molecular formula is C22H21FN2O5. The summed E-state index contributed by atoms with van der Waals surface area (Å²) >= 11 is 0. The van der Waals surface area contributed by atoms with Crippen LogP contribution < -0.4 is 10.2 Å². The summed E-state index contributed by atoms with van der Waals surface area (Å²) in [4.78, 5) is 50.4. The molecule has 0 aliphatic carbocycles. The Hall–Kier alpha value is -3.55. The molecule has 30 heavy (non-hydrogen) atoms. The Morgan fingerprint density at radius 3 is 2.27 bits per heavy atom. The summed E-state index contributed by atoms with van der Waals surface area (Å²) in [5, 5.41) is 2.76. The second-order valence-corrected chi connectivity index (χ2v) is 6.84. The average Bonchev–Trinajstić information content (AvgIpc) is 3.00. The van der Waals surface area contributed by atoms with Crippen molar-refractivity contribution in [3.05, 3.63) is 65.0 Å². The van der Waals surface area contributed by atoms with E-state index in [-0.39, 0.29) is 28.4 Å². The number of rotatable bonds is 7. The number of imide groups is 1. The number of carbonyl (C=O) groups is 4. The maximum absolute atomic E-state index is 13.1. The number of carbonyl (C=O) groups excluding carboxylic acids is 4. The number of ether oxygens (including phenoxy) is 1. The fourth-order valence-electron chi connectivity index (χ4n) is 3.17. The van der Waals surface area contributed by atoms with E-state index in [0.717, 1.165) is 29.9 Å². The third kappa shape index (κ3) is 4.22. The number of amides is 3. The summed E-state index contributed by atoms with van der Waals surface area (Å²) in [6.45, 7) is 3.44. The fourth-order valence-corrected chi connectivity index (χ4v) is 3.17. The minimum Gasteiger partial charge on any atom is -0.452 e.